The van der Waals surface area contributed by atoms with Gasteiger partial charge in [-0.15, -0.1) is 0 Å². The highest BCUT2D eigenvalue weighted by molar-refractivity contribution is 5.78. The van der Waals surface area contributed by atoms with Gasteiger partial charge in [-0.25, -0.2) is 14.4 Å². The SMILES string of the molecule is COc1ccc(-c2nccn2-c2ccc3nc(CO)[nH]c3c2)c(F)c1. The third-order valence-electron chi connectivity index (χ3n) is 4.00. The molecule has 126 valence electrons. The van der Waals surface area contributed by atoms with Gasteiger partial charge in [-0.2, -0.15) is 0 Å². The maximum absolute atomic E-state index is 14.4. The van der Waals surface area contributed by atoms with Crippen molar-refractivity contribution in [3.63, 3.8) is 0 Å². The average molecular weight is 338 g/mol. The van der Waals surface area contributed by atoms with Gasteiger partial charge in [0.25, 0.3) is 0 Å². The Morgan fingerprint density at radius 3 is 2.88 bits per heavy atom. The second kappa shape index (κ2) is 6.03. The predicted octanol–water partition coefficient (Wildman–Crippen LogP) is 3.06. The monoisotopic (exact) mass is 338 g/mol. The van der Waals surface area contributed by atoms with Crippen LogP contribution in [0.5, 0.6) is 5.75 Å². The Morgan fingerprint density at radius 1 is 1.24 bits per heavy atom. The summed E-state index contributed by atoms with van der Waals surface area (Å²) in [5, 5.41) is 9.20. The molecule has 0 aliphatic heterocycles. The van der Waals surface area contributed by atoms with E-state index in [4.69, 9.17) is 4.74 Å². The van der Waals surface area contributed by atoms with Crippen molar-refractivity contribution in [3.8, 4) is 22.8 Å². The zero-order valence-electron chi connectivity index (χ0n) is 13.4. The van der Waals surface area contributed by atoms with Crippen LogP contribution in [-0.4, -0.2) is 31.7 Å². The number of halogens is 1. The summed E-state index contributed by atoms with van der Waals surface area (Å²) < 4.78 is 21.3. The molecule has 2 aromatic heterocycles. The largest absolute Gasteiger partial charge is 0.497 e. The van der Waals surface area contributed by atoms with Crippen molar-refractivity contribution in [3.05, 3.63) is 60.4 Å². The lowest BCUT2D eigenvalue weighted by atomic mass is 10.2. The van der Waals surface area contributed by atoms with E-state index in [1.807, 2.05) is 18.2 Å². The molecule has 0 bridgehead atoms. The van der Waals surface area contributed by atoms with Gasteiger partial charge in [0, 0.05) is 24.1 Å². The number of H-pyrrole nitrogens is 1. The van der Waals surface area contributed by atoms with Crippen LogP contribution in [0.15, 0.2) is 48.8 Å². The number of aliphatic hydroxyl groups excluding tert-OH is 1. The number of hydrogen-bond donors (Lipinski definition) is 2. The number of aliphatic hydroxyl groups is 1. The number of nitrogens with zero attached hydrogens (tertiary/aromatic N) is 3. The minimum atomic E-state index is -0.406. The normalized spacial score (nSPS) is 11.2. The van der Waals surface area contributed by atoms with Crippen LogP contribution in [0.25, 0.3) is 28.1 Å². The molecule has 0 amide bonds. The van der Waals surface area contributed by atoms with E-state index in [9.17, 15) is 9.50 Å². The standard InChI is InChI=1S/C18H15FN4O2/c1-25-12-3-4-13(14(19)9-12)18-20-6-7-23(18)11-2-5-15-16(8-11)22-17(10-24)21-15/h2-9,24H,10H2,1H3,(H,21,22). The molecule has 0 unspecified atom stereocenters. The third kappa shape index (κ3) is 2.64. The summed E-state index contributed by atoms with van der Waals surface area (Å²) in [5.41, 5.74) is 2.73. The van der Waals surface area contributed by atoms with E-state index in [0.29, 0.717) is 23.0 Å². The number of ether oxygens (including phenoxy) is 1. The highest BCUT2D eigenvalue weighted by atomic mass is 19.1. The second-order valence-electron chi connectivity index (χ2n) is 5.51. The summed E-state index contributed by atoms with van der Waals surface area (Å²) in [6, 6.07) is 10.3. The fourth-order valence-corrected chi connectivity index (χ4v) is 2.79. The van der Waals surface area contributed by atoms with Gasteiger partial charge >= 0.3 is 0 Å². The van der Waals surface area contributed by atoms with Crippen molar-refractivity contribution >= 4 is 11.0 Å². The van der Waals surface area contributed by atoms with Crippen LogP contribution in [0, 0.1) is 5.82 Å². The Kier molecular flexibility index (Phi) is 3.70. The lowest BCUT2D eigenvalue weighted by molar-refractivity contribution is 0.273. The molecule has 25 heavy (non-hydrogen) atoms. The summed E-state index contributed by atoms with van der Waals surface area (Å²) in [7, 11) is 1.50. The van der Waals surface area contributed by atoms with Crippen LogP contribution < -0.4 is 4.74 Å². The number of hydrogen-bond acceptors (Lipinski definition) is 4. The minimum absolute atomic E-state index is 0.155. The number of benzene rings is 2. The van der Waals surface area contributed by atoms with Crippen molar-refractivity contribution in [2.45, 2.75) is 6.61 Å². The van der Waals surface area contributed by atoms with Crippen molar-refractivity contribution in [1.29, 1.82) is 0 Å². The number of methoxy groups -OCH3 is 1. The van der Waals surface area contributed by atoms with Crippen LogP contribution in [-0.2, 0) is 6.61 Å². The van der Waals surface area contributed by atoms with Crippen LogP contribution in [0.3, 0.4) is 0 Å². The Bertz CT molecular complexity index is 1050. The highest BCUT2D eigenvalue weighted by Gasteiger charge is 2.14. The van der Waals surface area contributed by atoms with Gasteiger partial charge in [0.05, 0.1) is 23.7 Å². The van der Waals surface area contributed by atoms with E-state index in [2.05, 4.69) is 15.0 Å². The maximum atomic E-state index is 14.4. The zero-order valence-corrected chi connectivity index (χ0v) is 13.4. The first-order chi connectivity index (χ1) is 12.2. The van der Waals surface area contributed by atoms with Gasteiger partial charge in [0.15, 0.2) is 0 Å². The number of rotatable bonds is 4. The van der Waals surface area contributed by atoms with E-state index in [1.54, 1.807) is 29.1 Å². The lowest BCUT2D eigenvalue weighted by Gasteiger charge is -2.10. The molecule has 0 saturated heterocycles. The highest BCUT2D eigenvalue weighted by Crippen LogP contribution is 2.28. The van der Waals surface area contributed by atoms with E-state index < -0.39 is 5.82 Å². The molecule has 0 aliphatic rings. The maximum Gasteiger partial charge on any atom is 0.147 e. The average Bonchev–Trinajstić information content (AvgIpc) is 3.27. The smallest absolute Gasteiger partial charge is 0.147 e. The van der Waals surface area contributed by atoms with Gasteiger partial charge in [0.1, 0.15) is 29.8 Å². The van der Waals surface area contributed by atoms with Crippen molar-refractivity contribution in [2.75, 3.05) is 7.11 Å². The fraction of sp³-hybridized carbons (Fsp3) is 0.111. The molecule has 0 fully saturated rings. The molecule has 4 rings (SSSR count). The molecule has 2 aromatic carbocycles. The van der Waals surface area contributed by atoms with Crippen LogP contribution in [0.4, 0.5) is 4.39 Å². The molecule has 0 saturated carbocycles. The summed E-state index contributed by atoms with van der Waals surface area (Å²) in [4.78, 5) is 11.6. The third-order valence-corrected chi connectivity index (χ3v) is 4.00. The summed E-state index contributed by atoms with van der Waals surface area (Å²) in [5.74, 6) is 1.03. The number of fused-ring (bicyclic) bond motifs is 1. The van der Waals surface area contributed by atoms with Gasteiger partial charge < -0.3 is 14.8 Å². The minimum Gasteiger partial charge on any atom is -0.497 e. The molecule has 7 heteroatoms. The molecule has 2 heterocycles. The van der Waals surface area contributed by atoms with E-state index in [0.717, 1.165) is 16.7 Å². The topological polar surface area (TPSA) is 76.0 Å². The van der Waals surface area contributed by atoms with Crippen LogP contribution in [0.1, 0.15) is 5.82 Å². The molecular weight excluding hydrogens is 323 g/mol. The van der Waals surface area contributed by atoms with E-state index in [1.165, 1.54) is 13.2 Å². The summed E-state index contributed by atoms with van der Waals surface area (Å²) >= 11 is 0. The second-order valence-corrected chi connectivity index (χ2v) is 5.51. The van der Waals surface area contributed by atoms with Crippen molar-refractivity contribution < 1.29 is 14.2 Å². The number of aromatic amines is 1. The van der Waals surface area contributed by atoms with Gasteiger partial charge in [-0.3, -0.25) is 4.57 Å². The van der Waals surface area contributed by atoms with Gasteiger partial charge in [-0.05, 0) is 30.3 Å². The van der Waals surface area contributed by atoms with Gasteiger partial charge in [0.2, 0.25) is 0 Å². The Hall–Kier alpha value is -3.19. The van der Waals surface area contributed by atoms with E-state index >= 15 is 0 Å². The Labute approximate surface area is 142 Å². The van der Waals surface area contributed by atoms with Gasteiger partial charge in [-0.1, -0.05) is 0 Å². The first kappa shape index (κ1) is 15.3. The first-order valence-corrected chi connectivity index (χ1v) is 7.66. The number of aromatic nitrogens is 4. The molecule has 0 spiro atoms. The Morgan fingerprint density at radius 2 is 2.12 bits per heavy atom. The molecule has 0 aliphatic carbocycles. The first-order valence-electron chi connectivity index (χ1n) is 7.66. The molecule has 0 atom stereocenters. The Balaban J connectivity index is 1.81. The fourth-order valence-electron chi connectivity index (χ4n) is 2.79. The summed E-state index contributed by atoms with van der Waals surface area (Å²) in [6.07, 6.45) is 3.39. The predicted molar refractivity (Wildman–Crippen MR) is 91.1 cm³/mol. The quantitative estimate of drug-likeness (QED) is 0.600. The van der Waals surface area contributed by atoms with Crippen LogP contribution >= 0.6 is 0 Å². The molecule has 2 N–H and O–H groups in total. The molecule has 6 nitrogen and oxygen atoms in total. The lowest BCUT2D eigenvalue weighted by Crippen LogP contribution is -1.98. The molecule has 0 radical (unpaired) electrons. The van der Waals surface area contributed by atoms with Crippen molar-refractivity contribution in [1.82, 2.24) is 19.5 Å². The molecular formula is C18H15FN4O2. The van der Waals surface area contributed by atoms with Crippen molar-refractivity contribution in [2.24, 2.45) is 0 Å². The number of imidazole rings is 2. The van der Waals surface area contributed by atoms with E-state index in [-0.39, 0.29) is 6.61 Å². The van der Waals surface area contributed by atoms with Crippen LogP contribution in [0.2, 0.25) is 0 Å². The summed E-state index contributed by atoms with van der Waals surface area (Å²) in [6.45, 7) is -0.155. The molecule has 4 aromatic rings. The number of nitrogens with one attached hydrogen (secondary N) is 1. The zero-order chi connectivity index (χ0) is 17.4.